The summed E-state index contributed by atoms with van der Waals surface area (Å²) in [6, 6.07) is 5.97. The quantitative estimate of drug-likeness (QED) is 0.870. The first kappa shape index (κ1) is 17.0. The minimum atomic E-state index is -0.561. The molecule has 0 unspecified atom stereocenters. The molecular formula is C19H21N3O3. The van der Waals surface area contributed by atoms with E-state index in [9.17, 15) is 14.4 Å². The number of aryl methyl sites for hydroxylation is 2. The number of aromatic nitrogens is 2. The van der Waals surface area contributed by atoms with Gasteiger partial charge >= 0.3 is 5.69 Å². The summed E-state index contributed by atoms with van der Waals surface area (Å²) in [5, 5.41) is 3.00. The molecule has 1 aromatic heterocycles. The average Bonchev–Trinajstić information content (AvgIpc) is 2.89. The van der Waals surface area contributed by atoms with Gasteiger partial charge in [0.25, 0.3) is 5.56 Å². The van der Waals surface area contributed by atoms with Gasteiger partial charge in [-0.3, -0.25) is 18.7 Å². The average molecular weight is 339 g/mol. The molecule has 0 spiro atoms. The number of ketones is 1. The molecular weight excluding hydrogens is 318 g/mol. The van der Waals surface area contributed by atoms with E-state index in [1.165, 1.54) is 11.6 Å². The third kappa shape index (κ3) is 2.73. The van der Waals surface area contributed by atoms with Gasteiger partial charge in [-0.05, 0) is 37.5 Å². The highest BCUT2D eigenvalue weighted by Gasteiger charge is 2.32. The number of hydrogen-bond acceptors (Lipinski definition) is 4. The van der Waals surface area contributed by atoms with Crippen molar-refractivity contribution in [3.63, 3.8) is 0 Å². The maximum Gasteiger partial charge on any atom is 0.332 e. The Hall–Kier alpha value is -2.89. The third-order valence-electron chi connectivity index (χ3n) is 4.45. The first-order chi connectivity index (χ1) is 11.8. The zero-order chi connectivity index (χ0) is 18.3. The van der Waals surface area contributed by atoms with Crippen molar-refractivity contribution in [2.24, 2.45) is 7.05 Å². The smallest absolute Gasteiger partial charge is 0.332 e. The molecule has 2 aromatic rings. The monoisotopic (exact) mass is 339 g/mol. The summed E-state index contributed by atoms with van der Waals surface area (Å²) in [6.45, 7) is 6.32. The Morgan fingerprint density at radius 1 is 1.16 bits per heavy atom. The second kappa shape index (κ2) is 6.20. The fourth-order valence-electron chi connectivity index (χ4n) is 3.02. The summed E-state index contributed by atoms with van der Waals surface area (Å²) in [6.07, 6.45) is 2.46. The van der Waals surface area contributed by atoms with Gasteiger partial charge in [0.05, 0.1) is 5.70 Å². The zero-order valence-corrected chi connectivity index (χ0v) is 14.8. The van der Waals surface area contributed by atoms with E-state index in [1.54, 1.807) is 6.08 Å². The minimum Gasteiger partial charge on any atom is -0.338 e. The molecule has 0 aliphatic carbocycles. The Bertz CT molecular complexity index is 1030. The Morgan fingerprint density at radius 2 is 1.88 bits per heavy atom. The highest BCUT2D eigenvalue weighted by Crippen LogP contribution is 2.26. The van der Waals surface area contributed by atoms with Crippen LogP contribution >= 0.6 is 0 Å². The van der Waals surface area contributed by atoms with Crippen molar-refractivity contribution in [2.75, 3.05) is 5.32 Å². The van der Waals surface area contributed by atoms with Crippen LogP contribution in [0, 0.1) is 13.8 Å². The van der Waals surface area contributed by atoms with Gasteiger partial charge in [0.2, 0.25) is 5.78 Å². The maximum absolute atomic E-state index is 12.8. The van der Waals surface area contributed by atoms with Crippen LogP contribution in [0.4, 0.5) is 5.82 Å². The van der Waals surface area contributed by atoms with Crippen LogP contribution in [0.25, 0.3) is 6.08 Å². The van der Waals surface area contributed by atoms with Crippen LogP contribution in [0.1, 0.15) is 40.4 Å². The molecule has 0 bridgehead atoms. The molecule has 6 heteroatoms. The van der Waals surface area contributed by atoms with Crippen LogP contribution in [0.15, 0.2) is 33.5 Å². The number of anilines is 1. The number of rotatable bonds is 3. The lowest BCUT2D eigenvalue weighted by molar-refractivity contribution is 0.104. The summed E-state index contributed by atoms with van der Waals surface area (Å²) in [5.41, 5.74) is 2.39. The number of allylic oxidation sites excluding steroid dienone is 1. The summed E-state index contributed by atoms with van der Waals surface area (Å²) >= 11 is 0. The Balaban J connectivity index is 2.19. The van der Waals surface area contributed by atoms with Gasteiger partial charge in [-0.25, -0.2) is 4.79 Å². The molecule has 3 rings (SSSR count). The van der Waals surface area contributed by atoms with E-state index < -0.39 is 11.2 Å². The summed E-state index contributed by atoms with van der Waals surface area (Å²) in [5.74, 6) is -0.0714. The highest BCUT2D eigenvalue weighted by molar-refractivity contribution is 6.19. The Labute approximate surface area is 145 Å². The largest absolute Gasteiger partial charge is 0.338 e. The van der Waals surface area contributed by atoms with Crippen LogP contribution < -0.4 is 16.6 Å². The first-order valence-corrected chi connectivity index (χ1v) is 8.29. The second-order valence-corrected chi connectivity index (χ2v) is 6.39. The van der Waals surface area contributed by atoms with E-state index in [1.807, 2.05) is 39.0 Å². The van der Waals surface area contributed by atoms with Crippen molar-refractivity contribution in [3.05, 3.63) is 67.0 Å². The number of benzene rings is 1. The molecule has 0 fully saturated rings. The number of carbonyl (C=O) groups is 1. The van der Waals surface area contributed by atoms with Crippen LogP contribution in [0.3, 0.4) is 0 Å². The maximum atomic E-state index is 12.8. The van der Waals surface area contributed by atoms with Crippen LogP contribution in [0.2, 0.25) is 0 Å². The standard InChI is InChI=1S/C19H21N3O3/c1-5-8-22-17-15(18(24)21(4)19(22)25)16(23)14(20-17)10-13-9-11(2)6-7-12(13)3/h6-7,9-10,20H,5,8H2,1-4H3/b14-10-. The Kier molecular flexibility index (Phi) is 4.20. The van der Waals surface area contributed by atoms with Crippen LogP contribution in [-0.2, 0) is 13.6 Å². The zero-order valence-electron chi connectivity index (χ0n) is 14.8. The summed E-state index contributed by atoms with van der Waals surface area (Å²) in [7, 11) is 1.40. The van der Waals surface area contributed by atoms with E-state index in [2.05, 4.69) is 5.32 Å². The molecule has 0 saturated heterocycles. The van der Waals surface area contributed by atoms with Gasteiger partial charge in [-0.2, -0.15) is 0 Å². The fraction of sp³-hybridized carbons (Fsp3) is 0.316. The number of fused-ring (bicyclic) bond motifs is 1. The van der Waals surface area contributed by atoms with E-state index in [4.69, 9.17) is 0 Å². The van der Waals surface area contributed by atoms with E-state index in [0.717, 1.165) is 27.7 Å². The van der Waals surface area contributed by atoms with Crippen molar-refractivity contribution < 1.29 is 4.79 Å². The lowest BCUT2D eigenvalue weighted by atomic mass is 10.0. The Morgan fingerprint density at radius 3 is 2.56 bits per heavy atom. The van der Waals surface area contributed by atoms with Gasteiger partial charge < -0.3 is 5.32 Å². The second-order valence-electron chi connectivity index (χ2n) is 6.39. The molecule has 0 radical (unpaired) electrons. The molecule has 0 saturated carbocycles. The predicted molar refractivity (Wildman–Crippen MR) is 98.1 cm³/mol. The minimum absolute atomic E-state index is 0.0344. The molecule has 6 nitrogen and oxygen atoms in total. The van der Waals surface area contributed by atoms with Gasteiger partial charge in [-0.1, -0.05) is 30.7 Å². The lowest BCUT2D eigenvalue weighted by Gasteiger charge is -2.11. The van der Waals surface area contributed by atoms with Crippen molar-refractivity contribution in [2.45, 2.75) is 33.7 Å². The molecule has 1 aromatic carbocycles. The van der Waals surface area contributed by atoms with Gasteiger partial charge in [-0.15, -0.1) is 0 Å². The van der Waals surface area contributed by atoms with E-state index in [0.29, 0.717) is 18.1 Å². The van der Waals surface area contributed by atoms with Crippen LogP contribution in [0.5, 0.6) is 0 Å². The normalized spacial score (nSPS) is 14.7. The van der Waals surface area contributed by atoms with Crippen molar-refractivity contribution in [3.8, 4) is 0 Å². The molecule has 1 aliphatic rings. The van der Waals surface area contributed by atoms with Gasteiger partial charge in [0, 0.05) is 13.6 Å². The molecule has 0 atom stereocenters. The highest BCUT2D eigenvalue weighted by atomic mass is 16.2. The molecule has 130 valence electrons. The summed E-state index contributed by atoms with van der Waals surface area (Å²) < 4.78 is 2.45. The molecule has 25 heavy (non-hydrogen) atoms. The topological polar surface area (TPSA) is 73.1 Å². The number of nitrogens with one attached hydrogen (secondary N) is 1. The van der Waals surface area contributed by atoms with Gasteiger partial charge in [0.1, 0.15) is 11.4 Å². The molecule has 1 N–H and O–H groups in total. The van der Waals surface area contributed by atoms with Gasteiger partial charge in [0.15, 0.2) is 0 Å². The summed E-state index contributed by atoms with van der Waals surface area (Å²) in [4.78, 5) is 37.6. The lowest BCUT2D eigenvalue weighted by Crippen LogP contribution is -2.40. The van der Waals surface area contributed by atoms with Crippen molar-refractivity contribution in [1.82, 2.24) is 9.13 Å². The number of nitrogens with zero attached hydrogens (tertiary/aromatic N) is 2. The number of hydrogen-bond donors (Lipinski definition) is 1. The van der Waals surface area contributed by atoms with Crippen LogP contribution in [-0.4, -0.2) is 14.9 Å². The van der Waals surface area contributed by atoms with Crippen molar-refractivity contribution >= 4 is 17.7 Å². The fourth-order valence-corrected chi connectivity index (χ4v) is 3.02. The molecule has 2 heterocycles. The number of carbonyl (C=O) groups excluding carboxylic acids is 1. The van der Waals surface area contributed by atoms with E-state index in [-0.39, 0.29) is 11.3 Å². The SMILES string of the molecule is CCCn1c2c(c(=O)n(C)c1=O)C(=O)/C(=C/c1cc(C)ccc1C)N2. The third-order valence-corrected chi connectivity index (χ3v) is 4.45. The van der Waals surface area contributed by atoms with E-state index >= 15 is 0 Å². The first-order valence-electron chi connectivity index (χ1n) is 8.29. The molecule has 1 aliphatic heterocycles. The predicted octanol–water partition coefficient (Wildman–Crippen LogP) is 2.22. The van der Waals surface area contributed by atoms with Crippen molar-refractivity contribution in [1.29, 1.82) is 0 Å². The molecule has 0 amide bonds. The number of Topliss-reactive ketones (excluding diaryl/α,β-unsaturated/α-hetero) is 1.